The molecule has 0 amide bonds. The van der Waals surface area contributed by atoms with E-state index in [1.54, 1.807) is 53.7 Å². The molecule has 44 heavy (non-hydrogen) atoms. The number of benzene rings is 5. The van der Waals surface area contributed by atoms with Crippen LogP contribution in [0.4, 0.5) is 9.59 Å². The van der Waals surface area contributed by atoms with Gasteiger partial charge >= 0.3 is 12.3 Å². The normalized spacial score (nSPS) is 13.0. The van der Waals surface area contributed by atoms with Gasteiger partial charge in [-0.25, -0.2) is 9.59 Å². The highest BCUT2D eigenvalue weighted by molar-refractivity contribution is 5.96. The van der Waals surface area contributed by atoms with E-state index < -0.39 is 23.5 Å². The lowest BCUT2D eigenvalue weighted by molar-refractivity contribution is 0.0193. The standard InChI is InChI=1S/C37H34O7/c1-36(2,3)43-34(38)40-25-14-16-27-23(20-25)12-18-29-32(27)31(22-10-8-7-9-11-22)33-28-17-15-26(41-35(39)44-37(4,5)6)21-24(28)13-19-30(33)42-29/h7-21,31H,1-6H3. The summed E-state index contributed by atoms with van der Waals surface area (Å²) in [6, 6.07) is 29.2. The first-order chi connectivity index (χ1) is 20.8. The second-order valence-corrected chi connectivity index (χ2v) is 12.8. The highest BCUT2D eigenvalue weighted by Gasteiger charge is 2.32. The minimum absolute atomic E-state index is 0.169. The van der Waals surface area contributed by atoms with E-state index in [2.05, 4.69) is 12.1 Å². The Balaban J connectivity index is 1.45. The fourth-order valence-corrected chi connectivity index (χ4v) is 5.50. The average Bonchev–Trinajstić information content (AvgIpc) is 2.94. The molecule has 0 fully saturated rings. The Bertz CT molecular complexity index is 1780. The quantitative estimate of drug-likeness (QED) is 0.150. The molecule has 0 aromatic heterocycles. The van der Waals surface area contributed by atoms with Gasteiger partial charge in [-0.15, -0.1) is 0 Å². The molecule has 0 aliphatic carbocycles. The van der Waals surface area contributed by atoms with Crippen LogP contribution in [0.25, 0.3) is 21.5 Å². The van der Waals surface area contributed by atoms with Crippen LogP contribution in [0.1, 0.15) is 64.2 Å². The van der Waals surface area contributed by atoms with Crippen LogP contribution in [0.5, 0.6) is 23.0 Å². The van der Waals surface area contributed by atoms with Gasteiger partial charge in [0.2, 0.25) is 0 Å². The van der Waals surface area contributed by atoms with Gasteiger partial charge in [-0.3, -0.25) is 0 Å². The zero-order valence-corrected chi connectivity index (χ0v) is 25.6. The van der Waals surface area contributed by atoms with Gasteiger partial charge in [0, 0.05) is 17.0 Å². The Morgan fingerprint density at radius 3 is 1.48 bits per heavy atom. The van der Waals surface area contributed by atoms with Crippen molar-refractivity contribution in [2.24, 2.45) is 0 Å². The Morgan fingerprint density at radius 2 is 1.05 bits per heavy atom. The third kappa shape index (κ3) is 6.04. The molecule has 0 unspecified atom stereocenters. The molecule has 0 spiro atoms. The summed E-state index contributed by atoms with van der Waals surface area (Å²) in [7, 11) is 0. The Morgan fingerprint density at radius 1 is 0.591 bits per heavy atom. The zero-order valence-electron chi connectivity index (χ0n) is 25.6. The maximum Gasteiger partial charge on any atom is 0.514 e. The van der Waals surface area contributed by atoms with Crippen molar-refractivity contribution in [3.63, 3.8) is 0 Å². The zero-order chi connectivity index (χ0) is 31.2. The Kier molecular flexibility index (Phi) is 7.20. The molecule has 5 aromatic rings. The third-order valence-electron chi connectivity index (χ3n) is 7.10. The molecular formula is C37H34O7. The van der Waals surface area contributed by atoms with Crippen molar-refractivity contribution in [3.8, 4) is 23.0 Å². The van der Waals surface area contributed by atoms with Gasteiger partial charge in [-0.2, -0.15) is 0 Å². The first-order valence-corrected chi connectivity index (χ1v) is 14.5. The molecular weight excluding hydrogens is 556 g/mol. The number of hydrogen-bond donors (Lipinski definition) is 0. The molecule has 5 aromatic carbocycles. The van der Waals surface area contributed by atoms with Gasteiger partial charge in [0.15, 0.2) is 0 Å². The van der Waals surface area contributed by atoms with E-state index in [-0.39, 0.29) is 5.92 Å². The number of ether oxygens (including phenoxy) is 5. The largest absolute Gasteiger partial charge is 0.514 e. The van der Waals surface area contributed by atoms with Crippen molar-refractivity contribution in [2.45, 2.75) is 58.7 Å². The number of hydrogen-bond acceptors (Lipinski definition) is 7. The molecule has 0 saturated carbocycles. The van der Waals surface area contributed by atoms with Crippen molar-refractivity contribution in [1.82, 2.24) is 0 Å². The Labute approximate surface area is 256 Å². The van der Waals surface area contributed by atoms with E-state index in [0.717, 1.165) is 49.7 Å². The van der Waals surface area contributed by atoms with E-state index in [4.69, 9.17) is 23.7 Å². The number of rotatable bonds is 3. The van der Waals surface area contributed by atoms with Crippen LogP contribution in [0.3, 0.4) is 0 Å². The summed E-state index contributed by atoms with van der Waals surface area (Å²) >= 11 is 0. The molecule has 0 radical (unpaired) electrons. The summed E-state index contributed by atoms with van der Waals surface area (Å²) in [4.78, 5) is 24.7. The van der Waals surface area contributed by atoms with Crippen LogP contribution < -0.4 is 14.2 Å². The topological polar surface area (TPSA) is 80.3 Å². The highest BCUT2D eigenvalue weighted by atomic mass is 16.7. The lowest BCUT2D eigenvalue weighted by Crippen LogP contribution is -2.25. The summed E-state index contributed by atoms with van der Waals surface area (Å²) in [6.45, 7) is 10.8. The molecule has 6 rings (SSSR count). The van der Waals surface area contributed by atoms with Crippen molar-refractivity contribution in [3.05, 3.63) is 108 Å². The molecule has 7 nitrogen and oxygen atoms in total. The monoisotopic (exact) mass is 590 g/mol. The minimum Gasteiger partial charge on any atom is -0.457 e. The number of fused-ring (bicyclic) bond motifs is 6. The summed E-state index contributed by atoms with van der Waals surface area (Å²) in [5.74, 6) is 2.12. The van der Waals surface area contributed by atoms with Gasteiger partial charge in [0.05, 0.1) is 0 Å². The molecule has 1 heterocycles. The van der Waals surface area contributed by atoms with Crippen LogP contribution in [-0.4, -0.2) is 23.5 Å². The lowest BCUT2D eigenvalue weighted by atomic mass is 9.78. The first-order valence-electron chi connectivity index (χ1n) is 14.5. The molecule has 7 heteroatoms. The number of carbonyl (C=O) groups is 2. The number of carbonyl (C=O) groups excluding carboxylic acids is 2. The van der Waals surface area contributed by atoms with Gasteiger partial charge in [0.1, 0.15) is 34.2 Å². The van der Waals surface area contributed by atoms with Gasteiger partial charge < -0.3 is 23.7 Å². The second-order valence-electron chi connectivity index (χ2n) is 12.8. The smallest absolute Gasteiger partial charge is 0.457 e. The maximum absolute atomic E-state index is 12.3. The lowest BCUT2D eigenvalue weighted by Gasteiger charge is -2.31. The van der Waals surface area contributed by atoms with Crippen molar-refractivity contribution < 1.29 is 33.3 Å². The predicted octanol–water partition coefficient (Wildman–Crippen LogP) is 9.91. The fraction of sp³-hybridized carbons (Fsp3) is 0.243. The van der Waals surface area contributed by atoms with Crippen LogP contribution in [0.15, 0.2) is 91.0 Å². The van der Waals surface area contributed by atoms with Crippen molar-refractivity contribution in [1.29, 1.82) is 0 Å². The molecule has 0 bridgehead atoms. The van der Waals surface area contributed by atoms with E-state index >= 15 is 0 Å². The van der Waals surface area contributed by atoms with Crippen LogP contribution >= 0.6 is 0 Å². The van der Waals surface area contributed by atoms with E-state index in [1.807, 2.05) is 66.7 Å². The molecule has 224 valence electrons. The third-order valence-corrected chi connectivity index (χ3v) is 7.10. The van der Waals surface area contributed by atoms with E-state index in [1.165, 1.54) is 0 Å². The second kappa shape index (κ2) is 10.9. The minimum atomic E-state index is -0.754. The average molecular weight is 591 g/mol. The Hall–Kier alpha value is -5.04. The molecule has 0 saturated heterocycles. The van der Waals surface area contributed by atoms with E-state index in [9.17, 15) is 9.59 Å². The summed E-state index contributed by atoms with van der Waals surface area (Å²) < 4.78 is 28.2. The van der Waals surface area contributed by atoms with Crippen LogP contribution in [0, 0.1) is 0 Å². The first kappa shape index (κ1) is 29.1. The SMILES string of the molecule is CC(C)(C)OC(=O)Oc1ccc2c3c(ccc2c1)Oc1ccc2cc(OC(=O)OC(C)(C)C)ccc2c1C3c1ccccc1. The molecule has 0 N–H and O–H groups in total. The highest BCUT2D eigenvalue weighted by Crippen LogP contribution is 2.52. The molecule has 1 aliphatic heterocycles. The van der Waals surface area contributed by atoms with Crippen molar-refractivity contribution >= 4 is 33.9 Å². The molecule has 1 aliphatic rings. The molecule has 0 atom stereocenters. The van der Waals surface area contributed by atoms with Gasteiger partial charge in [0.25, 0.3) is 0 Å². The van der Waals surface area contributed by atoms with Crippen LogP contribution in [0.2, 0.25) is 0 Å². The fourth-order valence-electron chi connectivity index (χ4n) is 5.50. The summed E-state index contributed by atoms with van der Waals surface area (Å²) in [6.07, 6.45) is -1.51. The van der Waals surface area contributed by atoms with E-state index in [0.29, 0.717) is 11.5 Å². The van der Waals surface area contributed by atoms with Crippen LogP contribution in [-0.2, 0) is 9.47 Å². The summed E-state index contributed by atoms with van der Waals surface area (Å²) in [5.41, 5.74) is 1.79. The van der Waals surface area contributed by atoms with Gasteiger partial charge in [-0.1, -0.05) is 54.6 Å². The maximum atomic E-state index is 12.3. The van der Waals surface area contributed by atoms with Gasteiger partial charge in [-0.05, 0) is 105 Å². The predicted molar refractivity (Wildman–Crippen MR) is 169 cm³/mol. The van der Waals surface area contributed by atoms with Crippen molar-refractivity contribution in [2.75, 3.05) is 0 Å². The summed E-state index contributed by atoms with van der Waals surface area (Å²) in [5, 5.41) is 3.73.